The highest BCUT2D eigenvalue weighted by Gasteiger charge is 2.08. The molecule has 0 amide bonds. The molecule has 0 saturated heterocycles. The van der Waals surface area contributed by atoms with Crippen molar-refractivity contribution in [3.05, 3.63) is 68.6 Å². The van der Waals surface area contributed by atoms with E-state index in [0.29, 0.717) is 17.1 Å². The van der Waals surface area contributed by atoms with Crippen LogP contribution in [0.2, 0.25) is 5.02 Å². The van der Waals surface area contributed by atoms with E-state index in [0.717, 1.165) is 5.69 Å². The van der Waals surface area contributed by atoms with Crippen molar-refractivity contribution in [2.24, 2.45) is 0 Å². The lowest BCUT2D eigenvalue weighted by Crippen LogP contribution is -2.21. The van der Waals surface area contributed by atoms with Crippen LogP contribution in [0.5, 0.6) is 0 Å². The summed E-state index contributed by atoms with van der Waals surface area (Å²) in [6, 6.07) is 9.51. The number of carboxylic acid groups (broad SMARTS) is 1. The van der Waals surface area contributed by atoms with Crippen molar-refractivity contribution in [3.63, 3.8) is 0 Å². The van der Waals surface area contributed by atoms with Crippen LogP contribution < -0.4 is 5.56 Å². The number of carboxylic acids is 1. The summed E-state index contributed by atoms with van der Waals surface area (Å²) < 4.78 is 1.58. The molecule has 1 aromatic carbocycles. The molecule has 2 rings (SSSR count). The highest BCUT2D eigenvalue weighted by Crippen LogP contribution is 2.19. The van der Waals surface area contributed by atoms with E-state index < -0.39 is 5.97 Å². The summed E-state index contributed by atoms with van der Waals surface area (Å²) in [7, 11) is 0. The number of carbonyl (C=O) groups is 1. The van der Waals surface area contributed by atoms with E-state index in [-0.39, 0.29) is 11.1 Å². The molecule has 5 heteroatoms. The van der Waals surface area contributed by atoms with Crippen molar-refractivity contribution in [1.29, 1.82) is 0 Å². The number of nitrogens with zero attached hydrogens (tertiary/aromatic N) is 1. The van der Waals surface area contributed by atoms with E-state index in [1.807, 2.05) is 13.0 Å². The van der Waals surface area contributed by atoms with Gasteiger partial charge in [-0.15, -0.1) is 0 Å². The second-order valence-corrected chi connectivity index (χ2v) is 4.61. The van der Waals surface area contributed by atoms with E-state index in [9.17, 15) is 9.59 Å². The number of aromatic carboxylic acids is 1. The van der Waals surface area contributed by atoms with Crippen molar-refractivity contribution in [2.45, 2.75) is 13.5 Å². The van der Waals surface area contributed by atoms with Gasteiger partial charge < -0.3 is 9.67 Å². The van der Waals surface area contributed by atoms with Crippen molar-refractivity contribution in [3.8, 4) is 0 Å². The van der Waals surface area contributed by atoms with Crippen LogP contribution in [-0.4, -0.2) is 15.6 Å². The number of hydrogen-bond donors (Lipinski definition) is 1. The maximum Gasteiger partial charge on any atom is 0.335 e. The summed E-state index contributed by atoms with van der Waals surface area (Å²) in [5, 5.41) is 9.21. The second-order valence-electron chi connectivity index (χ2n) is 4.20. The minimum atomic E-state index is -1.03. The fourth-order valence-electron chi connectivity index (χ4n) is 1.80. The summed E-state index contributed by atoms with van der Waals surface area (Å²) in [6.45, 7) is 2.16. The summed E-state index contributed by atoms with van der Waals surface area (Å²) in [4.78, 5) is 22.6. The van der Waals surface area contributed by atoms with Gasteiger partial charge in [-0.05, 0) is 30.7 Å². The second kappa shape index (κ2) is 5.28. The topological polar surface area (TPSA) is 59.3 Å². The number of aryl methyl sites for hydroxylation is 1. The number of pyridine rings is 1. The zero-order valence-corrected chi connectivity index (χ0v) is 11.0. The molecule has 19 heavy (non-hydrogen) atoms. The van der Waals surface area contributed by atoms with E-state index in [2.05, 4.69) is 0 Å². The summed E-state index contributed by atoms with van der Waals surface area (Å²) in [6.07, 6.45) is 0. The maximum absolute atomic E-state index is 11.8. The Balaban J connectivity index is 2.39. The highest BCUT2D eigenvalue weighted by molar-refractivity contribution is 6.31. The average molecular weight is 278 g/mol. The zero-order chi connectivity index (χ0) is 14.0. The molecule has 0 spiro atoms. The molecule has 0 fully saturated rings. The number of hydrogen-bond acceptors (Lipinski definition) is 2. The molecule has 4 nitrogen and oxygen atoms in total. The lowest BCUT2D eigenvalue weighted by Gasteiger charge is -2.11. The van der Waals surface area contributed by atoms with Gasteiger partial charge >= 0.3 is 5.97 Å². The first-order valence-corrected chi connectivity index (χ1v) is 6.05. The van der Waals surface area contributed by atoms with Crippen LogP contribution in [0.25, 0.3) is 0 Å². The third-order valence-electron chi connectivity index (χ3n) is 2.90. The van der Waals surface area contributed by atoms with Crippen LogP contribution in [0.15, 0.2) is 41.2 Å². The molecule has 1 heterocycles. The molecule has 0 atom stereocenters. The van der Waals surface area contributed by atoms with Gasteiger partial charge in [-0.3, -0.25) is 4.79 Å². The highest BCUT2D eigenvalue weighted by atomic mass is 35.5. The zero-order valence-electron chi connectivity index (χ0n) is 10.3. The van der Waals surface area contributed by atoms with Crippen molar-refractivity contribution >= 4 is 17.6 Å². The van der Waals surface area contributed by atoms with E-state index in [1.165, 1.54) is 18.2 Å². The Bertz CT molecular complexity index is 691. The average Bonchev–Trinajstić information content (AvgIpc) is 2.35. The third-order valence-corrected chi connectivity index (χ3v) is 3.25. The smallest absolute Gasteiger partial charge is 0.335 e. The Morgan fingerprint density at radius 3 is 2.63 bits per heavy atom. The van der Waals surface area contributed by atoms with Crippen LogP contribution in [0.3, 0.4) is 0 Å². The lowest BCUT2D eigenvalue weighted by molar-refractivity contribution is 0.0697. The minimum Gasteiger partial charge on any atom is -0.478 e. The van der Waals surface area contributed by atoms with Gasteiger partial charge in [0.25, 0.3) is 5.56 Å². The van der Waals surface area contributed by atoms with Crippen molar-refractivity contribution < 1.29 is 9.90 Å². The Kier molecular flexibility index (Phi) is 3.71. The summed E-state index contributed by atoms with van der Waals surface area (Å²) in [5.74, 6) is -1.03. The van der Waals surface area contributed by atoms with E-state index in [4.69, 9.17) is 16.7 Å². The molecule has 1 N–H and O–H groups in total. The normalized spacial score (nSPS) is 10.4. The maximum atomic E-state index is 11.8. The molecular formula is C14H12ClNO3. The van der Waals surface area contributed by atoms with Crippen molar-refractivity contribution in [1.82, 2.24) is 4.57 Å². The summed E-state index contributed by atoms with van der Waals surface area (Å²) in [5.41, 5.74) is 1.55. The van der Waals surface area contributed by atoms with Gasteiger partial charge in [0.15, 0.2) is 0 Å². The fraction of sp³-hybridized carbons (Fsp3) is 0.143. The third kappa shape index (κ3) is 2.85. The van der Waals surface area contributed by atoms with Gasteiger partial charge in [-0.2, -0.15) is 0 Å². The minimum absolute atomic E-state index is 0.113. The Morgan fingerprint density at radius 1 is 1.32 bits per heavy atom. The van der Waals surface area contributed by atoms with Crippen LogP contribution >= 0.6 is 11.6 Å². The Hall–Kier alpha value is -2.07. The largest absolute Gasteiger partial charge is 0.478 e. The predicted octanol–water partition coefficient (Wildman–Crippen LogP) is 2.56. The molecule has 0 saturated carbocycles. The van der Waals surface area contributed by atoms with Gasteiger partial charge in [0.05, 0.1) is 12.1 Å². The summed E-state index contributed by atoms with van der Waals surface area (Å²) >= 11 is 6.05. The first-order valence-electron chi connectivity index (χ1n) is 5.67. The first kappa shape index (κ1) is 13.4. The Morgan fingerprint density at radius 2 is 2.05 bits per heavy atom. The van der Waals surface area contributed by atoms with Gasteiger partial charge in [0, 0.05) is 16.8 Å². The molecule has 0 aliphatic heterocycles. The molecule has 2 aromatic rings. The number of benzene rings is 1. The van der Waals surface area contributed by atoms with Gasteiger partial charge in [-0.25, -0.2) is 4.79 Å². The van der Waals surface area contributed by atoms with E-state index >= 15 is 0 Å². The molecule has 0 aliphatic rings. The number of aromatic nitrogens is 1. The molecule has 1 aromatic heterocycles. The number of halogens is 1. The molecule has 0 radical (unpaired) electrons. The van der Waals surface area contributed by atoms with Crippen LogP contribution in [0, 0.1) is 6.92 Å². The standard InChI is InChI=1S/C14H12ClNO3/c1-9-3-2-4-13(17)16(9)8-11-6-5-10(14(18)19)7-12(11)15/h2-7H,8H2,1H3,(H,18,19). The SMILES string of the molecule is Cc1cccc(=O)n1Cc1ccc(C(=O)O)cc1Cl. The quantitative estimate of drug-likeness (QED) is 0.938. The van der Waals surface area contributed by atoms with Gasteiger partial charge in [0.1, 0.15) is 0 Å². The monoisotopic (exact) mass is 277 g/mol. The van der Waals surface area contributed by atoms with Crippen LogP contribution in [0.4, 0.5) is 0 Å². The molecule has 0 unspecified atom stereocenters. The number of rotatable bonds is 3. The molecule has 0 aliphatic carbocycles. The van der Waals surface area contributed by atoms with Gasteiger partial charge in [-0.1, -0.05) is 23.7 Å². The fourth-order valence-corrected chi connectivity index (χ4v) is 2.05. The predicted molar refractivity (Wildman–Crippen MR) is 73.0 cm³/mol. The molecular weight excluding hydrogens is 266 g/mol. The van der Waals surface area contributed by atoms with Crippen LogP contribution in [-0.2, 0) is 6.54 Å². The van der Waals surface area contributed by atoms with Crippen LogP contribution in [0.1, 0.15) is 21.6 Å². The van der Waals surface area contributed by atoms with Gasteiger partial charge in [0.2, 0.25) is 0 Å². The molecule has 98 valence electrons. The first-order chi connectivity index (χ1) is 8.99. The molecule has 0 bridgehead atoms. The Labute approximate surface area is 114 Å². The van der Waals surface area contributed by atoms with E-state index in [1.54, 1.807) is 16.7 Å². The van der Waals surface area contributed by atoms with Crippen molar-refractivity contribution in [2.75, 3.05) is 0 Å². The lowest BCUT2D eigenvalue weighted by atomic mass is 10.1.